The molecule has 0 aliphatic carbocycles. The van der Waals surface area contributed by atoms with E-state index < -0.39 is 15.9 Å². The molecule has 1 unspecified atom stereocenters. The highest BCUT2D eigenvalue weighted by Gasteiger charge is 2.07. The molecule has 68 valence electrons. The molecule has 0 aromatic rings. The van der Waals surface area contributed by atoms with Crippen molar-refractivity contribution in [1.29, 1.82) is 0 Å². The summed E-state index contributed by atoms with van der Waals surface area (Å²) >= 11 is 0. The molecule has 0 amide bonds. The van der Waals surface area contributed by atoms with Gasteiger partial charge in [-0.15, -0.1) is 0 Å². The van der Waals surface area contributed by atoms with E-state index in [4.69, 9.17) is 5.11 Å². The van der Waals surface area contributed by atoms with Gasteiger partial charge in [-0.2, -0.15) is 0 Å². The van der Waals surface area contributed by atoms with E-state index in [-0.39, 0.29) is 5.75 Å². The molecule has 0 heterocycles. The summed E-state index contributed by atoms with van der Waals surface area (Å²) in [4.78, 5) is 0. The molecule has 0 aromatic carbocycles. The summed E-state index contributed by atoms with van der Waals surface area (Å²) in [5.74, 6) is 0.0914. The molecule has 0 rings (SSSR count). The van der Waals surface area contributed by atoms with E-state index in [0.717, 1.165) is 6.42 Å². The quantitative estimate of drug-likeness (QED) is 0.673. The molecule has 0 bridgehead atoms. The van der Waals surface area contributed by atoms with Gasteiger partial charge in [0.2, 0.25) is 0 Å². The molecule has 0 saturated carbocycles. The van der Waals surface area contributed by atoms with E-state index >= 15 is 0 Å². The van der Waals surface area contributed by atoms with Crippen LogP contribution in [0.25, 0.3) is 0 Å². The number of hydrogen-bond acceptors (Lipinski definition) is 3. The van der Waals surface area contributed by atoms with Crippen molar-refractivity contribution in [2.45, 2.75) is 32.3 Å². The number of sulfone groups is 1. The van der Waals surface area contributed by atoms with Crippen LogP contribution in [0.3, 0.4) is 0 Å². The Morgan fingerprint density at radius 3 is 2.27 bits per heavy atom. The van der Waals surface area contributed by atoms with Crippen LogP contribution in [0.1, 0.15) is 26.2 Å². The van der Waals surface area contributed by atoms with E-state index in [1.807, 2.05) is 6.92 Å². The van der Waals surface area contributed by atoms with Gasteiger partial charge < -0.3 is 5.11 Å². The molecule has 1 N–H and O–H groups in total. The van der Waals surface area contributed by atoms with Gasteiger partial charge in [-0.05, 0) is 12.8 Å². The SMILES string of the molecule is CCCC(O)CCS(C)(=O)=O. The Morgan fingerprint density at radius 2 is 1.91 bits per heavy atom. The zero-order valence-corrected chi connectivity index (χ0v) is 7.89. The average molecular weight is 180 g/mol. The van der Waals surface area contributed by atoms with Crippen LogP contribution in [0.4, 0.5) is 0 Å². The topological polar surface area (TPSA) is 54.4 Å². The van der Waals surface area contributed by atoms with Crippen molar-refractivity contribution in [1.82, 2.24) is 0 Å². The Hall–Kier alpha value is -0.0900. The molecule has 0 aromatic heterocycles. The Balaban J connectivity index is 3.54. The molecule has 4 heteroatoms. The number of aliphatic hydroxyl groups is 1. The molecule has 3 nitrogen and oxygen atoms in total. The summed E-state index contributed by atoms with van der Waals surface area (Å²) in [6.45, 7) is 1.96. The van der Waals surface area contributed by atoms with Crippen LogP contribution >= 0.6 is 0 Å². The van der Waals surface area contributed by atoms with E-state index in [2.05, 4.69) is 0 Å². The van der Waals surface area contributed by atoms with Crippen molar-refractivity contribution in [3.05, 3.63) is 0 Å². The summed E-state index contributed by atoms with van der Waals surface area (Å²) in [7, 11) is -2.90. The minimum atomic E-state index is -2.90. The van der Waals surface area contributed by atoms with Crippen molar-refractivity contribution in [2.24, 2.45) is 0 Å². The highest BCUT2D eigenvalue weighted by Crippen LogP contribution is 2.02. The Kier molecular flexibility index (Phi) is 4.68. The van der Waals surface area contributed by atoms with E-state index in [1.165, 1.54) is 6.26 Å². The summed E-state index contributed by atoms with van der Waals surface area (Å²) in [5.41, 5.74) is 0. The molecule has 0 saturated heterocycles. The fraction of sp³-hybridized carbons (Fsp3) is 1.00. The number of aliphatic hydroxyl groups excluding tert-OH is 1. The third-order valence-corrected chi connectivity index (χ3v) is 2.42. The lowest BCUT2D eigenvalue weighted by Gasteiger charge is -2.06. The Labute approximate surface area is 68.3 Å². The molecular weight excluding hydrogens is 164 g/mol. The smallest absolute Gasteiger partial charge is 0.147 e. The van der Waals surface area contributed by atoms with E-state index in [9.17, 15) is 8.42 Å². The first-order valence-electron chi connectivity index (χ1n) is 3.81. The number of rotatable bonds is 5. The second kappa shape index (κ2) is 4.72. The lowest BCUT2D eigenvalue weighted by molar-refractivity contribution is 0.160. The van der Waals surface area contributed by atoms with E-state index in [0.29, 0.717) is 12.8 Å². The minimum Gasteiger partial charge on any atom is -0.393 e. The van der Waals surface area contributed by atoms with Gasteiger partial charge in [0, 0.05) is 6.26 Å². The third-order valence-electron chi connectivity index (χ3n) is 1.44. The average Bonchev–Trinajstić information content (AvgIpc) is 1.83. The summed E-state index contributed by atoms with van der Waals surface area (Å²) in [6, 6.07) is 0. The van der Waals surface area contributed by atoms with Crippen LogP contribution in [0.2, 0.25) is 0 Å². The predicted octanol–water partition coefficient (Wildman–Crippen LogP) is 0.582. The molecular formula is C7H16O3S. The van der Waals surface area contributed by atoms with Gasteiger partial charge in [0.25, 0.3) is 0 Å². The van der Waals surface area contributed by atoms with Gasteiger partial charge in [-0.3, -0.25) is 0 Å². The second-order valence-corrected chi connectivity index (χ2v) is 5.12. The van der Waals surface area contributed by atoms with Crippen molar-refractivity contribution in [3.8, 4) is 0 Å². The van der Waals surface area contributed by atoms with Crippen LogP contribution in [0.5, 0.6) is 0 Å². The first-order chi connectivity index (χ1) is 4.95. The summed E-state index contributed by atoms with van der Waals surface area (Å²) < 4.78 is 21.3. The predicted molar refractivity (Wildman–Crippen MR) is 45.2 cm³/mol. The zero-order valence-electron chi connectivity index (χ0n) is 7.08. The Morgan fingerprint density at radius 1 is 1.36 bits per heavy atom. The maximum absolute atomic E-state index is 10.6. The van der Waals surface area contributed by atoms with Crippen molar-refractivity contribution >= 4 is 9.84 Å². The van der Waals surface area contributed by atoms with Crippen molar-refractivity contribution in [3.63, 3.8) is 0 Å². The molecule has 0 spiro atoms. The van der Waals surface area contributed by atoms with Crippen LogP contribution in [0.15, 0.2) is 0 Å². The molecule has 0 radical (unpaired) electrons. The normalized spacial score (nSPS) is 14.8. The molecule has 1 atom stereocenters. The highest BCUT2D eigenvalue weighted by molar-refractivity contribution is 7.90. The second-order valence-electron chi connectivity index (χ2n) is 2.86. The van der Waals surface area contributed by atoms with Crippen molar-refractivity contribution in [2.75, 3.05) is 12.0 Å². The highest BCUT2D eigenvalue weighted by atomic mass is 32.2. The van der Waals surface area contributed by atoms with Gasteiger partial charge in [0.05, 0.1) is 11.9 Å². The lowest BCUT2D eigenvalue weighted by atomic mass is 10.2. The standard InChI is InChI=1S/C7H16O3S/c1-3-4-7(8)5-6-11(2,9)10/h7-8H,3-6H2,1-2H3. The van der Waals surface area contributed by atoms with Crippen LogP contribution in [-0.4, -0.2) is 31.6 Å². The zero-order chi connectivity index (χ0) is 8.91. The summed E-state index contributed by atoms with van der Waals surface area (Å²) in [5, 5.41) is 9.15. The third kappa shape index (κ3) is 7.81. The van der Waals surface area contributed by atoms with Crippen molar-refractivity contribution < 1.29 is 13.5 Å². The van der Waals surface area contributed by atoms with Crippen LogP contribution in [0, 0.1) is 0 Å². The largest absolute Gasteiger partial charge is 0.393 e. The van der Waals surface area contributed by atoms with Gasteiger partial charge >= 0.3 is 0 Å². The van der Waals surface area contributed by atoms with Gasteiger partial charge in [-0.25, -0.2) is 8.42 Å². The maximum Gasteiger partial charge on any atom is 0.147 e. The first-order valence-corrected chi connectivity index (χ1v) is 5.87. The molecule has 0 fully saturated rings. The maximum atomic E-state index is 10.6. The minimum absolute atomic E-state index is 0.0914. The monoisotopic (exact) mass is 180 g/mol. The molecule has 0 aliphatic rings. The van der Waals surface area contributed by atoms with Gasteiger partial charge in [-0.1, -0.05) is 13.3 Å². The van der Waals surface area contributed by atoms with E-state index in [1.54, 1.807) is 0 Å². The van der Waals surface area contributed by atoms with Crippen LogP contribution in [-0.2, 0) is 9.84 Å². The molecule has 11 heavy (non-hydrogen) atoms. The van der Waals surface area contributed by atoms with Gasteiger partial charge in [0.1, 0.15) is 9.84 Å². The number of hydrogen-bond donors (Lipinski definition) is 1. The van der Waals surface area contributed by atoms with Gasteiger partial charge in [0.15, 0.2) is 0 Å². The van der Waals surface area contributed by atoms with Crippen LogP contribution < -0.4 is 0 Å². The lowest BCUT2D eigenvalue weighted by Crippen LogP contribution is -2.13. The summed E-state index contributed by atoms with van der Waals surface area (Å²) in [6.07, 6.45) is 2.69. The first kappa shape index (κ1) is 10.9. The molecule has 0 aliphatic heterocycles. The fourth-order valence-electron chi connectivity index (χ4n) is 0.828. The Bertz CT molecular complexity index is 184. The fourth-order valence-corrected chi connectivity index (χ4v) is 1.53.